The molecule has 124 valence electrons. The molecule has 0 saturated heterocycles. The molecule has 3 amide bonds. The number of likely N-dealkylation sites (N-methyl/N-ethyl adjacent to an activating group) is 1. The Morgan fingerprint density at radius 1 is 1.36 bits per heavy atom. The maximum absolute atomic E-state index is 12.2. The van der Waals surface area contributed by atoms with Crippen LogP contribution in [-0.2, 0) is 11.3 Å². The van der Waals surface area contributed by atoms with Gasteiger partial charge in [-0.3, -0.25) is 4.79 Å². The molecule has 0 aromatic carbocycles. The molecule has 1 atom stereocenters. The van der Waals surface area contributed by atoms with Gasteiger partial charge in [-0.2, -0.15) is 0 Å². The Morgan fingerprint density at radius 2 is 2.05 bits per heavy atom. The summed E-state index contributed by atoms with van der Waals surface area (Å²) >= 11 is 0. The van der Waals surface area contributed by atoms with E-state index in [9.17, 15) is 9.59 Å². The minimum absolute atomic E-state index is 0.0530. The zero-order valence-electron chi connectivity index (χ0n) is 14.1. The summed E-state index contributed by atoms with van der Waals surface area (Å²) in [6, 6.07) is -0.291. The predicted octanol–water partition coefficient (Wildman–Crippen LogP) is 1.22. The highest BCUT2D eigenvalue weighted by atomic mass is 16.2. The second-order valence-electron chi connectivity index (χ2n) is 6.42. The van der Waals surface area contributed by atoms with Crippen LogP contribution < -0.4 is 10.6 Å². The summed E-state index contributed by atoms with van der Waals surface area (Å²) in [4.78, 5) is 29.6. The number of urea groups is 1. The molecule has 0 aliphatic rings. The number of nitrogens with zero attached hydrogens (tertiary/aromatic N) is 3. The second kappa shape index (κ2) is 7.82. The number of aromatic nitrogens is 2. The summed E-state index contributed by atoms with van der Waals surface area (Å²) in [5.41, 5.74) is -0.304. The maximum Gasteiger partial charge on any atom is 0.318 e. The lowest BCUT2D eigenvalue weighted by molar-refractivity contribution is -0.123. The van der Waals surface area contributed by atoms with Gasteiger partial charge in [0.05, 0.1) is 6.33 Å². The van der Waals surface area contributed by atoms with Crippen LogP contribution in [0, 0.1) is 0 Å². The number of carbonyl (C=O) groups excluding carboxylic acids is 2. The summed E-state index contributed by atoms with van der Waals surface area (Å²) in [5.74, 6) is -0.160. The molecule has 1 heterocycles. The lowest BCUT2D eigenvalue weighted by Gasteiger charge is -2.26. The first-order valence-corrected chi connectivity index (χ1v) is 7.53. The van der Waals surface area contributed by atoms with Crippen LogP contribution in [0.4, 0.5) is 4.79 Å². The highest BCUT2D eigenvalue weighted by molar-refractivity contribution is 5.84. The number of amides is 3. The topological polar surface area (TPSA) is 79.3 Å². The van der Waals surface area contributed by atoms with Gasteiger partial charge in [-0.15, -0.1) is 0 Å². The Bertz CT molecular complexity index is 479. The maximum atomic E-state index is 12.2. The fraction of sp³-hybridized carbons (Fsp3) is 0.667. The average molecular weight is 309 g/mol. The monoisotopic (exact) mass is 309 g/mol. The molecule has 0 fully saturated rings. The summed E-state index contributed by atoms with van der Waals surface area (Å²) in [6.07, 6.45) is 5.25. The van der Waals surface area contributed by atoms with Gasteiger partial charge < -0.3 is 20.1 Å². The lowest BCUT2D eigenvalue weighted by atomic mass is 10.1. The van der Waals surface area contributed by atoms with E-state index < -0.39 is 0 Å². The summed E-state index contributed by atoms with van der Waals surface area (Å²) in [7, 11) is 0. The molecule has 0 radical (unpaired) electrons. The third kappa shape index (κ3) is 6.60. The molecule has 0 unspecified atom stereocenters. The van der Waals surface area contributed by atoms with Crippen molar-refractivity contribution in [3.63, 3.8) is 0 Å². The molecule has 1 rings (SSSR count). The van der Waals surface area contributed by atoms with Crippen LogP contribution in [-0.4, -0.2) is 51.1 Å². The molecule has 0 aliphatic carbocycles. The van der Waals surface area contributed by atoms with Crippen LogP contribution in [0.1, 0.15) is 34.6 Å². The minimum Gasteiger partial charge on any atom is -0.350 e. The Balaban J connectivity index is 2.48. The van der Waals surface area contributed by atoms with Gasteiger partial charge in [-0.25, -0.2) is 9.78 Å². The van der Waals surface area contributed by atoms with Crippen molar-refractivity contribution >= 4 is 11.9 Å². The summed E-state index contributed by atoms with van der Waals surface area (Å²) < 4.78 is 1.90. The van der Waals surface area contributed by atoms with E-state index in [1.165, 1.54) is 4.90 Å². The summed E-state index contributed by atoms with van der Waals surface area (Å²) in [6.45, 7) is 10.7. The van der Waals surface area contributed by atoms with Crippen LogP contribution in [0.15, 0.2) is 18.7 Å². The highest BCUT2D eigenvalue weighted by Gasteiger charge is 2.20. The fourth-order valence-corrected chi connectivity index (χ4v) is 2.02. The fourth-order valence-electron chi connectivity index (χ4n) is 2.02. The predicted molar refractivity (Wildman–Crippen MR) is 85.4 cm³/mol. The van der Waals surface area contributed by atoms with Crippen LogP contribution in [0.3, 0.4) is 0 Å². The van der Waals surface area contributed by atoms with E-state index in [1.54, 1.807) is 12.5 Å². The average Bonchev–Trinajstić information content (AvgIpc) is 2.86. The largest absolute Gasteiger partial charge is 0.350 e. The number of nitrogens with one attached hydrogen (secondary N) is 2. The Hall–Kier alpha value is -2.05. The van der Waals surface area contributed by atoms with Crippen molar-refractivity contribution < 1.29 is 9.59 Å². The molecule has 0 saturated carbocycles. The van der Waals surface area contributed by atoms with Crippen molar-refractivity contribution in [1.29, 1.82) is 0 Å². The molecular formula is C15H27N5O2. The molecule has 1 aromatic heterocycles. The van der Waals surface area contributed by atoms with E-state index in [0.29, 0.717) is 13.1 Å². The first-order valence-electron chi connectivity index (χ1n) is 7.53. The number of imidazole rings is 1. The standard InChI is InChI=1S/C15H27N5O2/c1-6-20(10-13(21)18-15(3,4)5)14(22)17-12(2)9-19-8-7-16-11-19/h7-8,11-12H,6,9-10H2,1-5H3,(H,17,22)(H,18,21)/t12-/m0/s1. The smallest absolute Gasteiger partial charge is 0.318 e. The van der Waals surface area contributed by atoms with Gasteiger partial charge in [0.15, 0.2) is 0 Å². The van der Waals surface area contributed by atoms with E-state index in [2.05, 4.69) is 15.6 Å². The zero-order valence-corrected chi connectivity index (χ0v) is 14.1. The van der Waals surface area contributed by atoms with Gasteiger partial charge in [-0.1, -0.05) is 0 Å². The van der Waals surface area contributed by atoms with Crippen molar-refractivity contribution in [3.05, 3.63) is 18.7 Å². The van der Waals surface area contributed by atoms with E-state index in [0.717, 1.165) is 0 Å². The Labute approximate surface area is 132 Å². The molecule has 1 aromatic rings. The van der Waals surface area contributed by atoms with Gasteiger partial charge in [0.25, 0.3) is 0 Å². The molecule has 22 heavy (non-hydrogen) atoms. The normalized spacial score (nSPS) is 12.6. The highest BCUT2D eigenvalue weighted by Crippen LogP contribution is 2.00. The second-order valence-corrected chi connectivity index (χ2v) is 6.42. The van der Waals surface area contributed by atoms with Crippen molar-refractivity contribution in [1.82, 2.24) is 25.1 Å². The molecule has 0 bridgehead atoms. The van der Waals surface area contributed by atoms with Gasteiger partial charge in [0.1, 0.15) is 6.54 Å². The number of hydrogen-bond donors (Lipinski definition) is 2. The van der Waals surface area contributed by atoms with Crippen molar-refractivity contribution in [2.75, 3.05) is 13.1 Å². The van der Waals surface area contributed by atoms with Crippen molar-refractivity contribution in [2.24, 2.45) is 0 Å². The third-order valence-electron chi connectivity index (χ3n) is 2.93. The lowest BCUT2D eigenvalue weighted by Crippen LogP contribution is -2.51. The molecule has 0 aliphatic heterocycles. The number of hydrogen-bond acceptors (Lipinski definition) is 3. The summed E-state index contributed by atoms with van der Waals surface area (Å²) in [5, 5.41) is 5.75. The zero-order chi connectivity index (χ0) is 16.8. The quantitative estimate of drug-likeness (QED) is 0.829. The van der Waals surface area contributed by atoms with E-state index in [-0.39, 0.29) is 30.1 Å². The van der Waals surface area contributed by atoms with Crippen LogP contribution in [0.2, 0.25) is 0 Å². The molecule has 2 N–H and O–H groups in total. The SMILES string of the molecule is CCN(CC(=O)NC(C)(C)C)C(=O)N[C@@H](C)Cn1ccnc1. The van der Waals surface area contributed by atoms with Crippen LogP contribution in [0.5, 0.6) is 0 Å². The minimum atomic E-state index is -0.304. The van der Waals surface area contributed by atoms with Crippen molar-refractivity contribution in [2.45, 2.75) is 52.7 Å². The molecule has 7 heteroatoms. The van der Waals surface area contributed by atoms with Crippen LogP contribution in [0.25, 0.3) is 0 Å². The van der Waals surface area contributed by atoms with Gasteiger partial charge in [0, 0.05) is 37.1 Å². The van der Waals surface area contributed by atoms with Gasteiger partial charge in [0.2, 0.25) is 5.91 Å². The first-order chi connectivity index (χ1) is 10.2. The molecular weight excluding hydrogens is 282 g/mol. The number of carbonyl (C=O) groups is 2. The van der Waals surface area contributed by atoms with Crippen molar-refractivity contribution in [3.8, 4) is 0 Å². The van der Waals surface area contributed by atoms with E-state index >= 15 is 0 Å². The first kappa shape index (κ1) is 18.0. The number of rotatable bonds is 6. The molecule has 7 nitrogen and oxygen atoms in total. The Morgan fingerprint density at radius 3 is 2.55 bits per heavy atom. The van der Waals surface area contributed by atoms with Gasteiger partial charge >= 0.3 is 6.03 Å². The Kier molecular flexibility index (Phi) is 6.39. The van der Waals surface area contributed by atoms with Crippen LogP contribution >= 0.6 is 0 Å². The van der Waals surface area contributed by atoms with Gasteiger partial charge in [-0.05, 0) is 34.6 Å². The molecule has 0 spiro atoms. The third-order valence-corrected chi connectivity index (χ3v) is 2.93. The van der Waals surface area contributed by atoms with E-state index in [1.807, 2.05) is 45.4 Å². The van der Waals surface area contributed by atoms with E-state index in [4.69, 9.17) is 0 Å².